The van der Waals surface area contributed by atoms with Crippen molar-refractivity contribution >= 4 is 21.4 Å². The van der Waals surface area contributed by atoms with Gasteiger partial charge in [-0.15, -0.1) is 0 Å². The highest BCUT2D eigenvalue weighted by Gasteiger charge is 2.32. The second kappa shape index (κ2) is 5.15. The molecule has 1 aliphatic heterocycles. The normalized spacial score (nSPS) is 24.1. The minimum absolute atomic E-state index is 0.0975. The Morgan fingerprint density at radius 2 is 2.22 bits per heavy atom. The molecule has 100 valence electrons. The Kier molecular flexibility index (Phi) is 3.94. The van der Waals surface area contributed by atoms with E-state index in [1.165, 1.54) is 12.1 Å². The van der Waals surface area contributed by atoms with Crippen molar-refractivity contribution in [1.29, 1.82) is 0 Å². The first kappa shape index (κ1) is 13.8. The molecule has 6 heteroatoms. The van der Waals surface area contributed by atoms with Crippen LogP contribution in [0.1, 0.15) is 12.0 Å². The lowest BCUT2D eigenvalue weighted by Crippen LogP contribution is -2.33. The number of hydrogen-bond acceptors (Lipinski definition) is 3. The van der Waals surface area contributed by atoms with Crippen LogP contribution in [0.4, 0.5) is 4.39 Å². The molecule has 1 fully saturated rings. The second-order valence-electron chi connectivity index (χ2n) is 4.73. The maximum atomic E-state index is 13.6. The van der Waals surface area contributed by atoms with Crippen LogP contribution >= 0.6 is 11.6 Å². The highest BCUT2D eigenvalue weighted by Crippen LogP contribution is 2.26. The molecule has 1 aromatic carbocycles. The van der Waals surface area contributed by atoms with Gasteiger partial charge in [0, 0.05) is 16.6 Å². The van der Waals surface area contributed by atoms with Crippen LogP contribution in [0.25, 0.3) is 0 Å². The Morgan fingerprint density at radius 1 is 1.50 bits per heavy atom. The molecule has 2 rings (SSSR count). The van der Waals surface area contributed by atoms with Crippen molar-refractivity contribution < 1.29 is 12.8 Å². The van der Waals surface area contributed by atoms with Gasteiger partial charge in [-0.05, 0) is 30.9 Å². The van der Waals surface area contributed by atoms with Crippen molar-refractivity contribution in [2.75, 3.05) is 11.5 Å². The van der Waals surface area contributed by atoms with Gasteiger partial charge < -0.3 is 5.73 Å². The van der Waals surface area contributed by atoms with E-state index in [1.54, 1.807) is 6.07 Å². The van der Waals surface area contributed by atoms with Gasteiger partial charge in [0.2, 0.25) is 0 Å². The van der Waals surface area contributed by atoms with Gasteiger partial charge >= 0.3 is 0 Å². The summed E-state index contributed by atoms with van der Waals surface area (Å²) in [5, 5.41) is 0.339. The lowest BCUT2D eigenvalue weighted by atomic mass is 9.93. The van der Waals surface area contributed by atoms with Crippen LogP contribution in [-0.2, 0) is 16.3 Å². The minimum atomic E-state index is -2.96. The van der Waals surface area contributed by atoms with Crippen LogP contribution in [0.3, 0.4) is 0 Å². The van der Waals surface area contributed by atoms with Crippen molar-refractivity contribution in [2.45, 2.75) is 18.9 Å². The molecular formula is C12H15ClFNO2S. The molecule has 2 unspecified atom stereocenters. The first-order valence-electron chi connectivity index (χ1n) is 5.78. The summed E-state index contributed by atoms with van der Waals surface area (Å²) in [7, 11) is -2.96. The van der Waals surface area contributed by atoms with E-state index < -0.39 is 9.84 Å². The van der Waals surface area contributed by atoms with Gasteiger partial charge in [0.05, 0.1) is 11.5 Å². The zero-order chi connectivity index (χ0) is 13.3. The number of hydrogen-bond donors (Lipinski definition) is 1. The maximum absolute atomic E-state index is 13.6. The van der Waals surface area contributed by atoms with Crippen LogP contribution in [0, 0.1) is 11.7 Å². The predicted octanol–water partition coefficient (Wildman–Crippen LogP) is 1.78. The van der Waals surface area contributed by atoms with Gasteiger partial charge in [0.1, 0.15) is 5.82 Å². The zero-order valence-corrected chi connectivity index (χ0v) is 11.3. The molecule has 0 bridgehead atoms. The Hall–Kier alpha value is -0.650. The van der Waals surface area contributed by atoms with Gasteiger partial charge in [-0.25, -0.2) is 12.8 Å². The molecular weight excluding hydrogens is 277 g/mol. The Labute approximate surface area is 111 Å². The van der Waals surface area contributed by atoms with E-state index in [9.17, 15) is 12.8 Å². The number of sulfone groups is 1. The Balaban J connectivity index is 2.10. The molecule has 1 saturated heterocycles. The van der Waals surface area contributed by atoms with E-state index in [4.69, 9.17) is 17.3 Å². The summed E-state index contributed by atoms with van der Waals surface area (Å²) in [4.78, 5) is 0. The van der Waals surface area contributed by atoms with Gasteiger partial charge in [-0.2, -0.15) is 0 Å². The van der Waals surface area contributed by atoms with Crippen LogP contribution < -0.4 is 5.73 Å². The summed E-state index contributed by atoms with van der Waals surface area (Å²) in [6.45, 7) is 0. The smallest absolute Gasteiger partial charge is 0.150 e. The van der Waals surface area contributed by atoms with E-state index in [0.717, 1.165) is 0 Å². The number of halogens is 2. The van der Waals surface area contributed by atoms with Gasteiger partial charge in [0.25, 0.3) is 0 Å². The van der Waals surface area contributed by atoms with Crippen molar-refractivity contribution in [3.05, 3.63) is 34.6 Å². The molecule has 1 aromatic rings. The molecule has 1 heterocycles. The topological polar surface area (TPSA) is 60.2 Å². The molecule has 3 nitrogen and oxygen atoms in total. The summed E-state index contributed by atoms with van der Waals surface area (Å²) in [6, 6.07) is 4.10. The number of nitrogens with two attached hydrogens (primary N) is 1. The highest BCUT2D eigenvalue weighted by molar-refractivity contribution is 7.91. The molecule has 0 spiro atoms. The lowest BCUT2D eigenvalue weighted by molar-refractivity contribution is 0.453. The molecule has 0 radical (unpaired) electrons. The van der Waals surface area contributed by atoms with Crippen molar-refractivity contribution in [2.24, 2.45) is 11.7 Å². The standard InChI is InChI=1S/C12H15ClFNO2S/c13-10-2-1-3-11(14)9(10)6-12(15)8-4-5-18(16,17)7-8/h1-3,8,12H,4-7,15H2. The summed E-state index contributed by atoms with van der Waals surface area (Å²) in [5.41, 5.74) is 6.35. The van der Waals surface area contributed by atoms with Crippen molar-refractivity contribution in [3.8, 4) is 0 Å². The molecule has 2 atom stereocenters. The fraction of sp³-hybridized carbons (Fsp3) is 0.500. The van der Waals surface area contributed by atoms with Crippen LogP contribution in [0.2, 0.25) is 5.02 Å². The molecule has 0 aromatic heterocycles. The highest BCUT2D eigenvalue weighted by atomic mass is 35.5. The molecule has 0 saturated carbocycles. The average molecular weight is 292 g/mol. The van der Waals surface area contributed by atoms with Gasteiger partial charge in [-0.3, -0.25) is 0 Å². The fourth-order valence-electron chi connectivity index (χ4n) is 2.29. The molecule has 18 heavy (non-hydrogen) atoms. The molecule has 1 aliphatic rings. The quantitative estimate of drug-likeness (QED) is 0.923. The van der Waals surface area contributed by atoms with E-state index in [0.29, 0.717) is 17.0 Å². The third kappa shape index (κ3) is 3.02. The predicted molar refractivity (Wildman–Crippen MR) is 69.9 cm³/mol. The largest absolute Gasteiger partial charge is 0.327 e. The number of benzene rings is 1. The fourth-order valence-corrected chi connectivity index (χ4v) is 4.43. The number of rotatable bonds is 3. The Morgan fingerprint density at radius 3 is 2.78 bits per heavy atom. The average Bonchev–Trinajstić information content (AvgIpc) is 2.64. The van der Waals surface area contributed by atoms with E-state index in [2.05, 4.69) is 0 Å². The van der Waals surface area contributed by atoms with E-state index in [1.807, 2.05) is 0 Å². The van der Waals surface area contributed by atoms with E-state index in [-0.39, 0.29) is 35.7 Å². The monoisotopic (exact) mass is 291 g/mol. The summed E-state index contributed by atoms with van der Waals surface area (Å²) >= 11 is 5.92. The van der Waals surface area contributed by atoms with Crippen LogP contribution in [0.15, 0.2) is 18.2 Å². The maximum Gasteiger partial charge on any atom is 0.150 e. The van der Waals surface area contributed by atoms with Gasteiger partial charge in [-0.1, -0.05) is 17.7 Å². The molecule has 2 N–H and O–H groups in total. The summed E-state index contributed by atoms with van der Waals surface area (Å²) in [5.74, 6) is -0.221. The van der Waals surface area contributed by atoms with Crippen LogP contribution in [-0.4, -0.2) is 26.0 Å². The van der Waals surface area contributed by atoms with Crippen molar-refractivity contribution in [3.63, 3.8) is 0 Å². The Bertz CT molecular complexity index is 527. The minimum Gasteiger partial charge on any atom is -0.327 e. The second-order valence-corrected chi connectivity index (χ2v) is 7.37. The lowest BCUT2D eigenvalue weighted by Gasteiger charge is -2.18. The zero-order valence-electron chi connectivity index (χ0n) is 9.77. The van der Waals surface area contributed by atoms with Gasteiger partial charge in [0.15, 0.2) is 9.84 Å². The first-order chi connectivity index (χ1) is 8.39. The molecule has 0 amide bonds. The molecule has 0 aliphatic carbocycles. The van der Waals surface area contributed by atoms with Crippen LogP contribution in [0.5, 0.6) is 0 Å². The van der Waals surface area contributed by atoms with Crippen molar-refractivity contribution in [1.82, 2.24) is 0 Å². The van der Waals surface area contributed by atoms with E-state index >= 15 is 0 Å². The SMILES string of the molecule is NC(Cc1c(F)cccc1Cl)C1CCS(=O)(=O)C1. The third-order valence-electron chi connectivity index (χ3n) is 3.37. The first-order valence-corrected chi connectivity index (χ1v) is 7.98. The summed E-state index contributed by atoms with van der Waals surface area (Å²) in [6.07, 6.45) is 0.821. The third-order valence-corrected chi connectivity index (χ3v) is 5.52. The summed E-state index contributed by atoms with van der Waals surface area (Å²) < 4.78 is 36.3.